The van der Waals surface area contributed by atoms with Crippen LogP contribution in [-0.2, 0) is 11.3 Å². The molecule has 5 nitrogen and oxygen atoms in total. The number of thioether (sulfide) groups is 1. The van der Waals surface area contributed by atoms with E-state index in [0.29, 0.717) is 23.9 Å². The summed E-state index contributed by atoms with van der Waals surface area (Å²) in [5, 5.41) is 12.4. The Bertz CT molecular complexity index is 1200. The van der Waals surface area contributed by atoms with Crippen LogP contribution in [0.2, 0.25) is 0 Å². The van der Waals surface area contributed by atoms with E-state index in [1.807, 2.05) is 59.2 Å². The molecule has 1 heterocycles. The van der Waals surface area contributed by atoms with Crippen molar-refractivity contribution in [2.45, 2.75) is 18.1 Å². The van der Waals surface area contributed by atoms with E-state index in [-0.39, 0.29) is 11.7 Å². The molecule has 0 fully saturated rings. The van der Waals surface area contributed by atoms with Gasteiger partial charge < -0.3 is 5.32 Å². The predicted molar refractivity (Wildman–Crippen MR) is 128 cm³/mol. The summed E-state index contributed by atoms with van der Waals surface area (Å²) >= 11 is 5.08. The van der Waals surface area contributed by atoms with Crippen molar-refractivity contribution in [1.29, 1.82) is 0 Å². The van der Waals surface area contributed by atoms with E-state index in [0.717, 1.165) is 27.1 Å². The third-order valence-electron chi connectivity index (χ3n) is 4.73. The third kappa shape index (κ3) is 5.44. The fourth-order valence-electron chi connectivity index (χ4n) is 3.12. The lowest BCUT2D eigenvalue weighted by Crippen LogP contribution is -2.23. The van der Waals surface area contributed by atoms with Crippen LogP contribution in [0.4, 0.5) is 4.39 Å². The molecule has 0 aliphatic carbocycles. The molecule has 1 amide bonds. The number of carbonyl (C=O) groups excluding carboxylic acids is 1. The number of amides is 1. The second-order valence-electron chi connectivity index (χ2n) is 6.96. The number of aromatic nitrogens is 3. The molecular weight excluding hydrogens is 491 g/mol. The van der Waals surface area contributed by atoms with Gasteiger partial charge in [-0.15, -0.1) is 10.2 Å². The van der Waals surface area contributed by atoms with Crippen molar-refractivity contribution in [1.82, 2.24) is 20.1 Å². The predicted octanol–water partition coefficient (Wildman–Crippen LogP) is 5.63. The quantitative estimate of drug-likeness (QED) is 0.312. The van der Waals surface area contributed by atoms with Gasteiger partial charge in [0.25, 0.3) is 0 Å². The van der Waals surface area contributed by atoms with Crippen LogP contribution >= 0.6 is 27.7 Å². The number of nitrogens with zero attached hydrogens (tertiary/aromatic N) is 3. The van der Waals surface area contributed by atoms with E-state index in [9.17, 15) is 9.18 Å². The monoisotopic (exact) mass is 510 g/mol. The van der Waals surface area contributed by atoms with Crippen LogP contribution in [0.1, 0.15) is 12.0 Å². The Labute approximate surface area is 198 Å². The zero-order chi connectivity index (χ0) is 22.3. The van der Waals surface area contributed by atoms with Crippen LogP contribution in [0.3, 0.4) is 0 Å². The molecule has 1 N–H and O–H groups in total. The van der Waals surface area contributed by atoms with E-state index < -0.39 is 0 Å². The Kier molecular flexibility index (Phi) is 7.34. The summed E-state index contributed by atoms with van der Waals surface area (Å²) in [6.45, 7) is 0.371. The first-order chi connectivity index (χ1) is 15.6. The molecule has 4 rings (SSSR count). The Hall–Kier alpha value is -2.97. The van der Waals surface area contributed by atoms with Gasteiger partial charge in [0, 0.05) is 34.4 Å². The molecule has 3 aromatic carbocycles. The second-order valence-corrected chi connectivity index (χ2v) is 8.88. The van der Waals surface area contributed by atoms with Gasteiger partial charge in [0.1, 0.15) is 5.82 Å². The maximum absolute atomic E-state index is 13.0. The molecule has 162 valence electrons. The summed E-state index contributed by atoms with van der Waals surface area (Å²) in [7, 11) is 0. The number of nitrogens with one attached hydrogen (secondary N) is 1. The van der Waals surface area contributed by atoms with E-state index in [1.54, 1.807) is 12.1 Å². The van der Waals surface area contributed by atoms with Gasteiger partial charge in [-0.2, -0.15) is 0 Å². The molecule has 0 aliphatic heterocycles. The van der Waals surface area contributed by atoms with Crippen molar-refractivity contribution in [2.75, 3.05) is 5.75 Å². The average molecular weight is 511 g/mol. The first-order valence-electron chi connectivity index (χ1n) is 10.0. The fourth-order valence-corrected chi connectivity index (χ4v) is 4.47. The average Bonchev–Trinajstić information content (AvgIpc) is 3.23. The summed E-state index contributed by atoms with van der Waals surface area (Å²) in [4.78, 5) is 12.3. The highest BCUT2D eigenvalue weighted by Gasteiger charge is 2.18. The maximum atomic E-state index is 13.0. The van der Waals surface area contributed by atoms with Gasteiger partial charge in [-0.3, -0.25) is 9.36 Å². The Morgan fingerprint density at radius 2 is 1.69 bits per heavy atom. The molecule has 4 aromatic rings. The van der Waals surface area contributed by atoms with Crippen molar-refractivity contribution in [3.05, 3.63) is 94.7 Å². The summed E-state index contributed by atoms with van der Waals surface area (Å²) in [6, 6.07) is 23.9. The van der Waals surface area contributed by atoms with Crippen LogP contribution in [0.25, 0.3) is 17.1 Å². The zero-order valence-electron chi connectivity index (χ0n) is 17.0. The molecule has 0 saturated carbocycles. The fraction of sp³-hybridized carbons (Fsp3) is 0.125. The maximum Gasteiger partial charge on any atom is 0.221 e. The molecular formula is C24H20BrFN4OS. The van der Waals surface area contributed by atoms with Gasteiger partial charge in [0.2, 0.25) is 5.91 Å². The summed E-state index contributed by atoms with van der Waals surface area (Å²) < 4.78 is 15.9. The van der Waals surface area contributed by atoms with Crippen LogP contribution in [0.15, 0.2) is 88.5 Å². The molecule has 0 saturated heterocycles. The van der Waals surface area contributed by atoms with Crippen molar-refractivity contribution < 1.29 is 9.18 Å². The van der Waals surface area contributed by atoms with Gasteiger partial charge in [0.15, 0.2) is 11.0 Å². The van der Waals surface area contributed by atoms with Gasteiger partial charge in [-0.25, -0.2) is 4.39 Å². The minimum atomic E-state index is -0.291. The summed E-state index contributed by atoms with van der Waals surface area (Å²) in [6.07, 6.45) is 0.331. The Morgan fingerprint density at radius 3 is 2.44 bits per heavy atom. The van der Waals surface area contributed by atoms with E-state index in [4.69, 9.17) is 0 Å². The number of para-hydroxylation sites is 1. The molecule has 1 aromatic heterocycles. The highest BCUT2D eigenvalue weighted by atomic mass is 79.9. The van der Waals surface area contributed by atoms with Crippen LogP contribution in [-0.4, -0.2) is 26.4 Å². The first kappa shape index (κ1) is 22.2. The highest BCUT2D eigenvalue weighted by molar-refractivity contribution is 9.10. The lowest BCUT2D eigenvalue weighted by atomic mass is 10.2. The van der Waals surface area contributed by atoms with Gasteiger partial charge in [0.05, 0.1) is 0 Å². The van der Waals surface area contributed by atoms with Gasteiger partial charge >= 0.3 is 0 Å². The van der Waals surface area contributed by atoms with Crippen molar-refractivity contribution in [3.63, 3.8) is 0 Å². The summed E-state index contributed by atoms with van der Waals surface area (Å²) in [5.74, 6) is 0.919. The minimum Gasteiger partial charge on any atom is -0.352 e. The van der Waals surface area contributed by atoms with E-state index in [1.165, 1.54) is 23.9 Å². The number of benzene rings is 3. The third-order valence-corrected chi connectivity index (χ3v) is 6.35. The lowest BCUT2D eigenvalue weighted by molar-refractivity contribution is -0.120. The van der Waals surface area contributed by atoms with Crippen molar-refractivity contribution in [2.24, 2.45) is 0 Å². The molecule has 0 atom stereocenters. The first-order valence-corrected chi connectivity index (χ1v) is 11.8. The lowest BCUT2D eigenvalue weighted by Gasteiger charge is -2.11. The standard InChI is InChI=1S/C24H20BrFN4OS/c25-21-9-5-4-8-20(21)23-28-29-24(30(23)19-6-2-1-3-7-19)32-15-14-22(31)27-16-17-10-12-18(26)13-11-17/h1-13H,14-16H2,(H,27,31). The van der Waals surface area contributed by atoms with Gasteiger partial charge in [-0.05, 0) is 35.9 Å². The molecule has 0 unspecified atom stereocenters. The number of carbonyl (C=O) groups is 1. The van der Waals surface area contributed by atoms with Gasteiger partial charge in [-0.1, -0.05) is 76.2 Å². The van der Waals surface area contributed by atoms with Crippen LogP contribution < -0.4 is 5.32 Å². The summed E-state index contributed by atoms with van der Waals surface area (Å²) in [5.41, 5.74) is 2.74. The van der Waals surface area contributed by atoms with Crippen molar-refractivity contribution in [3.8, 4) is 17.1 Å². The second kappa shape index (κ2) is 10.6. The van der Waals surface area contributed by atoms with Crippen LogP contribution in [0.5, 0.6) is 0 Å². The SMILES string of the molecule is O=C(CCSc1nnc(-c2ccccc2Br)n1-c1ccccc1)NCc1ccc(F)cc1. The molecule has 0 aliphatic rings. The number of hydrogen-bond donors (Lipinski definition) is 1. The normalized spacial score (nSPS) is 10.8. The molecule has 32 heavy (non-hydrogen) atoms. The molecule has 8 heteroatoms. The minimum absolute atomic E-state index is 0.0707. The highest BCUT2D eigenvalue weighted by Crippen LogP contribution is 2.32. The zero-order valence-corrected chi connectivity index (χ0v) is 19.4. The van der Waals surface area contributed by atoms with Crippen molar-refractivity contribution >= 4 is 33.6 Å². The number of hydrogen-bond acceptors (Lipinski definition) is 4. The molecule has 0 radical (unpaired) electrons. The topological polar surface area (TPSA) is 59.8 Å². The van der Waals surface area contributed by atoms with Crippen LogP contribution in [0, 0.1) is 5.82 Å². The van der Waals surface area contributed by atoms with E-state index in [2.05, 4.69) is 31.4 Å². The van der Waals surface area contributed by atoms with E-state index >= 15 is 0 Å². The number of rotatable bonds is 8. The molecule has 0 bridgehead atoms. The number of halogens is 2. The smallest absolute Gasteiger partial charge is 0.221 e. The Balaban J connectivity index is 1.45. The molecule has 0 spiro atoms. The Morgan fingerprint density at radius 1 is 0.969 bits per heavy atom. The largest absolute Gasteiger partial charge is 0.352 e.